The van der Waals surface area contributed by atoms with Crippen molar-refractivity contribution < 1.29 is 13.9 Å². The van der Waals surface area contributed by atoms with Crippen molar-refractivity contribution in [1.82, 2.24) is 4.90 Å². The quantitative estimate of drug-likeness (QED) is 0.863. The number of anilines is 2. The summed E-state index contributed by atoms with van der Waals surface area (Å²) in [4.78, 5) is 16.3. The van der Waals surface area contributed by atoms with Gasteiger partial charge in [0.2, 0.25) is 5.91 Å². The van der Waals surface area contributed by atoms with Crippen molar-refractivity contribution in [2.24, 2.45) is 0 Å². The smallest absolute Gasteiger partial charge is 0.238 e. The van der Waals surface area contributed by atoms with Gasteiger partial charge in [0, 0.05) is 31.0 Å². The Labute approximate surface area is 153 Å². The molecule has 1 aliphatic rings. The topological polar surface area (TPSA) is 44.8 Å². The summed E-state index contributed by atoms with van der Waals surface area (Å²) in [6, 6.07) is 14.3. The molecule has 1 aliphatic heterocycles. The molecule has 2 aromatic rings. The molecule has 0 saturated carbocycles. The van der Waals surface area contributed by atoms with Gasteiger partial charge in [-0.15, -0.1) is 0 Å². The third-order valence-corrected chi connectivity index (χ3v) is 4.28. The molecule has 3 rings (SSSR count). The van der Waals surface area contributed by atoms with Gasteiger partial charge in [-0.1, -0.05) is 12.1 Å². The Morgan fingerprint density at radius 1 is 1.19 bits per heavy atom. The lowest BCUT2D eigenvalue weighted by Gasteiger charge is -2.28. The highest BCUT2D eigenvalue weighted by atomic mass is 19.1. The number of morpholine rings is 1. The Bertz CT molecular complexity index is 730. The first-order valence-corrected chi connectivity index (χ1v) is 8.76. The van der Waals surface area contributed by atoms with Crippen molar-refractivity contribution in [3.8, 4) is 0 Å². The second-order valence-corrected chi connectivity index (χ2v) is 6.50. The predicted octanol–water partition coefficient (Wildman–Crippen LogP) is 2.73. The fourth-order valence-electron chi connectivity index (χ4n) is 3.03. The number of nitrogens with zero attached hydrogens (tertiary/aromatic N) is 2. The van der Waals surface area contributed by atoms with E-state index in [0.29, 0.717) is 6.54 Å². The predicted molar refractivity (Wildman–Crippen MR) is 101 cm³/mol. The molecule has 138 valence electrons. The van der Waals surface area contributed by atoms with Crippen LogP contribution in [0.5, 0.6) is 0 Å². The molecule has 0 spiro atoms. The lowest BCUT2D eigenvalue weighted by atomic mass is 10.2. The zero-order valence-electron chi connectivity index (χ0n) is 15.0. The molecular formula is C20H24FN3O2. The highest BCUT2D eigenvalue weighted by Gasteiger charge is 2.12. The summed E-state index contributed by atoms with van der Waals surface area (Å²) in [5.41, 5.74) is 2.75. The van der Waals surface area contributed by atoms with E-state index in [9.17, 15) is 9.18 Å². The molecule has 0 bridgehead atoms. The van der Waals surface area contributed by atoms with E-state index in [1.165, 1.54) is 12.1 Å². The maximum Gasteiger partial charge on any atom is 0.238 e. The van der Waals surface area contributed by atoms with E-state index < -0.39 is 0 Å². The number of amides is 1. The Morgan fingerprint density at radius 3 is 2.62 bits per heavy atom. The average Bonchev–Trinajstić information content (AvgIpc) is 2.63. The standard InChI is InChI=1S/C20H24FN3O2/c1-23(14-16-3-2-4-17(21)13-16)15-20(25)22-18-5-7-19(8-6-18)24-9-11-26-12-10-24/h2-8,13H,9-12,14-15H2,1H3,(H,22,25). The van der Waals surface area contributed by atoms with Crippen LogP contribution >= 0.6 is 0 Å². The summed E-state index contributed by atoms with van der Waals surface area (Å²) in [7, 11) is 1.84. The average molecular weight is 357 g/mol. The number of halogens is 1. The Kier molecular flexibility index (Phi) is 6.20. The van der Waals surface area contributed by atoms with Crippen LogP contribution in [0.4, 0.5) is 15.8 Å². The molecule has 6 heteroatoms. The number of likely N-dealkylation sites (N-methyl/N-ethyl adjacent to an activating group) is 1. The molecule has 0 radical (unpaired) electrons. The number of rotatable bonds is 6. The molecule has 2 aromatic carbocycles. The van der Waals surface area contributed by atoms with E-state index in [1.807, 2.05) is 42.3 Å². The number of carbonyl (C=O) groups excluding carboxylic acids is 1. The summed E-state index contributed by atoms with van der Waals surface area (Å²) in [5, 5.41) is 2.90. The highest BCUT2D eigenvalue weighted by Crippen LogP contribution is 2.19. The van der Waals surface area contributed by atoms with Gasteiger partial charge in [0.15, 0.2) is 0 Å². The summed E-state index contributed by atoms with van der Waals surface area (Å²) in [6.45, 7) is 4.02. The van der Waals surface area contributed by atoms with E-state index >= 15 is 0 Å². The normalized spacial score (nSPS) is 14.5. The largest absolute Gasteiger partial charge is 0.378 e. The molecule has 0 aromatic heterocycles. The van der Waals surface area contributed by atoms with Crippen molar-refractivity contribution in [3.05, 3.63) is 59.9 Å². The van der Waals surface area contributed by atoms with Crippen molar-refractivity contribution >= 4 is 17.3 Å². The molecular weight excluding hydrogens is 333 g/mol. The van der Waals surface area contributed by atoms with Gasteiger partial charge in [-0.25, -0.2) is 4.39 Å². The van der Waals surface area contributed by atoms with Crippen LogP contribution in [-0.4, -0.2) is 50.7 Å². The van der Waals surface area contributed by atoms with Crippen LogP contribution in [0.2, 0.25) is 0 Å². The molecule has 1 saturated heterocycles. The number of carbonyl (C=O) groups is 1. The number of hydrogen-bond acceptors (Lipinski definition) is 4. The van der Waals surface area contributed by atoms with Gasteiger partial charge in [-0.3, -0.25) is 9.69 Å². The minimum Gasteiger partial charge on any atom is -0.378 e. The SMILES string of the molecule is CN(CC(=O)Nc1ccc(N2CCOCC2)cc1)Cc1cccc(F)c1. The van der Waals surface area contributed by atoms with Crippen LogP contribution in [0.15, 0.2) is 48.5 Å². The molecule has 1 fully saturated rings. The number of benzene rings is 2. The molecule has 26 heavy (non-hydrogen) atoms. The van der Waals surface area contributed by atoms with E-state index in [2.05, 4.69) is 10.2 Å². The van der Waals surface area contributed by atoms with Crippen LogP contribution in [-0.2, 0) is 16.1 Å². The van der Waals surface area contributed by atoms with Gasteiger partial charge < -0.3 is 15.0 Å². The lowest BCUT2D eigenvalue weighted by molar-refractivity contribution is -0.117. The van der Waals surface area contributed by atoms with Crippen LogP contribution in [0, 0.1) is 5.82 Å². The first kappa shape index (κ1) is 18.4. The first-order chi connectivity index (χ1) is 12.6. The molecule has 0 unspecified atom stereocenters. The van der Waals surface area contributed by atoms with Crippen molar-refractivity contribution in [3.63, 3.8) is 0 Å². The van der Waals surface area contributed by atoms with Crippen molar-refractivity contribution in [1.29, 1.82) is 0 Å². The second kappa shape index (κ2) is 8.78. The van der Waals surface area contributed by atoms with Gasteiger partial charge in [-0.2, -0.15) is 0 Å². The van der Waals surface area contributed by atoms with Gasteiger partial charge in [0.25, 0.3) is 0 Å². The zero-order valence-corrected chi connectivity index (χ0v) is 15.0. The molecule has 0 aliphatic carbocycles. The first-order valence-electron chi connectivity index (χ1n) is 8.76. The Hall–Kier alpha value is -2.44. The van der Waals surface area contributed by atoms with Crippen LogP contribution < -0.4 is 10.2 Å². The minimum absolute atomic E-state index is 0.0944. The van der Waals surface area contributed by atoms with Crippen LogP contribution in [0.25, 0.3) is 0 Å². The van der Waals surface area contributed by atoms with E-state index in [4.69, 9.17) is 4.74 Å². The number of hydrogen-bond donors (Lipinski definition) is 1. The third-order valence-electron chi connectivity index (χ3n) is 4.28. The Balaban J connectivity index is 1.49. The molecule has 1 amide bonds. The summed E-state index contributed by atoms with van der Waals surface area (Å²) < 4.78 is 18.6. The van der Waals surface area contributed by atoms with E-state index in [1.54, 1.807) is 6.07 Å². The van der Waals surface area contributed by atoms with Crippen LogP contribution in [0.1, 0.15) is 5.56 Å². The van der Waals surface area contributed by atoms with Gasteiger partial charge in [0.05, 0.1) is 19.8 Å². The van der Waals surface area contributed by atoms with Gasteiger partial charge in [-0.05, 0) is 49.0 Å². The zero-order chi connectivity index (χ0) is 18.4. The summed E-state index contributed by atoms with van der Waals surface area (Å²) >= 11 is 0. The maximum atomic E-state index is 13.2. The van der Waals surface area contributed by atoms with Gasteiger partial charge >= 0.3 is 0 Å². The third kappa shape index (κ3) is 5.28. The fourth-order valence-corrected chi connectivity index (χ4v) is 3.03. The number of nitrogens with one attached hydrogen (secondary N) is 1. The van der Waals surface area contributed by atoms with Crippen molar-refractivity contribution in [2.75, 3.05) is 50.1 Å². The van der Waals surface area contributed by atoms with E-state index in [-0.39, 0.29) is 18.3 Å². The molecule has 1 heterocycles. The van der Waals surface area contributed by atoms with Gasteiger partial charge in [0.1, 0.15) is 5.82 Å². The van der Waals surface area contributed by atoms with E-state index in [0.717, 1.165) is 43.2 Å². The Morgan fingerprint density at radius 2 is 1.92 bits per heavy atom. The monoisotopic (exact) mass is 357 g/mol. The molecule has 0 atom stereocenters. The minimum atomic E-state index is -0.263. The van der Waals surface area contributed by atoms with Crippen LogP contribution in [0.3, 0.4) is 0 Å². The molecule has 1 N–H and O–H groups in total. The summed E-state index contributed by atoms with van der Waals surface area (Å²) in [5.74, 6) is -0.358. The number of ether oxygens (including phenoxy) is 1. The van der Waals surface area contributed by atoms with Crippen molar-refractivity contribution in [2.45, 2.75) is 6.54 Å². The fraction of sp³-hybridized carbons (Fsp3) is 0.350. The summed E-state index contributed by atoms with van der Waals surface area (Å²) in [6.07, 6.45) is 0. The lowest BCUT2D eigenvalue weighted by Crippen LogP contribution is -2.36. The highest BCUT2D eigenvalue weighted by molar-refractivity contribution is 5.92. The second-order valence-electron chi connectivity index (χ2n) is 6.50. The maximum absolute atomic E-state index is 13.2. The molecule has 5 nitrogen and oxygen atoms in total.